The van der Waals surface area contributed by atoms with E-state index in [2.05, 4.69) is 83.1 Å². The third-order valence-corrected chi connectivity index (χ3v) is 10.4. The number of benzene rings is 4. The van der Waals surface area contributed by atoms with Gasteiger partial charge in [0.25, 0.3) is 5.69 Å². The molecule has 4 rings (SSSR count). The molecule has 0 aliphatic rings. The van der Waals surface area contributed by atoms with Crippen LogP contribution in [-0.4, -0.2) is 46.5 Å². The maximum absolute atomic E-state index is 14.1. The molecule has 0 aliphatic carbocycles. The highest BCUT2D eigenvalue weighted by molar-refractivity contribution is 5.87. The lowest BCUT2D eigenvalue weighted by molar-refractivity contribution is -0.394. The third kappa shape index (κ3) is 9.31. The van der Waals surface area contributed by atoms with E-state index >= 15 is 0 Å². The lowest BCUT2D eigenvalue weighted by atomic mass is 9.70. The zero-order valence-electron chi connectivity index (χ0n) is 35.9. The summed E-state index contributed by atoms with van der Waals surface area (Å²) < 4.78 is 12.3. The number of methoxy groups -OCH3 is 2. The first kappa shape index (κ1) is 44.4. The molecule has 0 amide bonds. The number of non-ortho nitro benzene ring substituents is 1. The SMILES string of the molecule is COc1c(C(C)(C)C)cc(C(O)(c2cc(C(C)(C)C)c(OC)c(C(C)(C)C)c2)C(Cc2ccccc2)N=Cc2cc([N+](=O)[O-])cc([N+](=O)[O-])c2O)cc1C(C)(C)C. The predicted octanol–water partition coefficient (Wildman–Crippen LogP) is 10.4. The largest absolute Gasteiger partial charge is 0.502 e. The van der Waals surface area contributed by atoms with E-state index in [0.29, 0.717) is 28.7 Å². The van der Waals surface area contributed by atoms with Crippen molar-refractivity contribution in [2.24, 2.45) is 4.99 Å². The Balaban J connectivity index is 2.31. The van der Waals surface area contributed by atoms with Crippen LogP contribution in [-0.2, 0) is 33.7 Å². The minimum Gasteiger partial charge on any atom is -0.502 e. The fourth-order valence-electron chi connectivity index (χ4n) is 7.20. The Hall–Kier alpha value is -5.29. The average molecular weight is 782 g/mol. The smallest absolute Gasteiger partial charge is 0.318 e. The van der Waals surface area contributed by atoms with E-state index in [4.69, 9.17) is 14.5 Å². The number of aromatic hydroxyl groups is 1. The molecule has 11 heteroatoms. The molecule has 0 radical (unpaired) electrons. The van der Waals surface area contributed by atoms with Crippen LogP contribution in [0.1, 0.15) is 128 Å². The Morgan fingerprint density at radius 2 is 1.07 bits per heavy atom. The third-order valence-electron chi connectivity index (χ3n) is 10.4. The van der Waals surface area contributed by atoms with Gasteiger partial charge in [0.05, 0.1) is 36.2 Å². The summed E-state index contributed by atoms with van der Waals surface area (Å²) in [6.07, 6.45) is 1.35. The number of nitro groups is 2. The van der Waals surface area contributed by atoms with Crippen LogP contribution in [0.15, 0.2) is 71.7 Å². The molecule has 2 N–H and O–H groups in total. The Morgan fingerprint density at radius 1 is 0.667 bits per heavy atom. The summed E-state index contributed by atoms with van der Waals surface area (Å²) in [5, 5.41) is 49.0. The summed E-state index contributed by atoms with van der Waals surface area (Å²) in [5.74, 6) is 0.636. The maximum atomic E-state index is 14.1. The van der Waals surface area contributed by atoms with Crippen molar-refractivity contribution in [1.82, 2.24) is 0 Å². The molecule has 0 aliphatic heterocycles. The average Bonchev–Trinajstić information content (AvgIpc) is 3.10. The van der Waals surface area contributed by atoms with Crippen molar-refractivity contribution in [3.05, 3.63) is 131 Å². The number of hydrogen-bond donors (Lipinski definition) is 2. The predicted molar refractivity (Wildman–Crippen MR) is 227 cm³/mol. The molecule has 11 nitrogen and oxygen atoms in total. The molecule has 57 heavy (non-hydrogen) atoms. The standard InChI is InChI=1S/C46H59N3O8/c1-42(2,3)33-22-30(23-34(40(33)56-13)43(4,5)6)46(51,31-24-35(44(7,8)9)41(57-14)36(25-31)45(10,11)12)38(20-28-18-16-15-17-19-28)47-27-29-21-32(48(52)53)26-37(39(29)50)49(54)55/h15-19,21-27,38,50-51H,20H2,1-14H3. The lowest BCUT2D eigenvalue weighted by Gasteiger charge is -2.40. The van der Waals surface area contributed by atoms with E-state index in [1.165, 1.54) is 6.21 Å². The summed E-state index contributed by atoms with van der Waals surface area (Å²) in [6, 6.07) is 18.0. The van der Waals surface area contributed by atoms with Crippen LogP contribution in [0.3, 0.4) is 0 Å². The highest BCUT2D eigenvalue weighted by Gasteiger charge is 2.45. The second kappa shape index (κ2) is 15.9. The molecular weight excluding hydrogens is 723 g/mol. The van der Waals surface area contributed by atoms with E-state index in [0.717, 1.165) is 33.9 Å². The van der Waals surface area contributed by atoms with Gasteiger partial charge in [-0.3, -0.25) is 25.2 Å². The summed E-state index contributed by atoms with van der Waals surface area (Å²) in [5.41, 5.74) is -0.0479. The van der Waals surface area contributed by atoms with Gasteiger partial charge in [-0.05, 0) is 69.0 Å². The monoisotopic (exact) mass is 781 g/mol. The van der Waals surface area contributed by atoms with Gasteiger partial charge >= 0.3 is 5.69 Å². The van der Waals surface area contributed by atoms with Gasteiger partial charge in [-0.15, -0.1) is 0 Å². The van der Waals surface area contributed by atoms with Crippen molar-refractivity contribution in [3.8, 4) is 17.2 Å². The van der Waals surface area contributed by atoms with Gasteiger partial charge in [-0.25, -0.2) is 0 Å². The van der Waals surface area contributed by atoms with Crippen LogP contribution in [0.25, 0.3) is 0 Å². The van der Waals surface area contributed by atoms with E-state index in [9.17, 15) is 30.4 Å². The Kier molecular flexibility index (Phi) is 12.4. The normalized spacial score (nSPS) is 13.5. The van der Waals surface area contributed by atoms with Crippen LogP contribution in [0.4, 0.5) is 11.4 Å². The van der Waals surface area contributed by atoms with Crippen LogP contribution < -0.4 is 9.47 Å². The minimum atomic E-state index is -1.94. The summed E-state index contributed by atoms with van der Waals surface area (Å²) in [4.78, 5) is 27.2. The molecule has 0 bridgehead atoms. The molecule has 4 aromatic rings. The van der Waals surface area contributed by atoms with E-state index in [-0.39, 0.29) is 12.0 Å². The molecular formula is C46H59N3O8. The summed E-state index contributed by atoms with van der Waals surface area (Å²) in [6.45, 7) is 25.0. The van der Waals surface area contributed by atoms with E-state index in [1.807, 2.05) is 54.6 Å². The van der Waals surface area contributed by atoms with Gasteiger partial charge in [0.2, 0.25) is 5.75 Å². The van der Waals surface area contributed by atoms with Crippen LogP contribution >= 0.6 is 0 Å². The first-order valence-electron chi connectivity index (χ1n) is 19.1. The highest BCUT2D eigenvalue weighted by atomic mass is 16.6. The molecule has 0 saturated heterocycles. The number of rotatable bonds is 11. The first-order valence-corrected chi connectivity index (χ1v) is 19.1. The number of nitro benzene ring substituents is 2. The fraction of sp³-hybridized carbons (Fsp3) is 0.457. The molecule has 1 unspecified atom stereocenters. The van der Waals surface area contributed by atoms with Gasteiger partial charge < -0.3 is 19.7 Å². The molecule has 0 saturated carbocycles. The Morgan fingerprint density at radius 3 is 1.40 bits per heavy atom. The van der Waals surface area contributed by atoms with Gasteiger partial charge in [0, 0.05) is 40.1 Å². The Bertz CT molecular complexity index is 2010. The fourth-order valence-corrected chi connectivity index (χ4v) is 7.20. The molecule has 0 heterocycles. The van der Waals surface area contributed by atoms with E-state index < -0.39 is 60.3 Å². The molecule has 0 spiro atoms. The van der Waals surface area contributed by atoms with Crippen LogP contribution in [0.5, 0.6) is 17.2 Å². The number of nitrogens with zero attached hydrogens (tertiary/aromatic N) is 3. The second-order valence-electron chi connectivity index (χ2n) is 18.9. The van der Waals surface area contributed by atoms with Crippen LogP contribution in [0, 0.1) is 20.2 Å². The zero-order chi connectivity index (χ0) is 43.1. The Labute approximate surface area is 337 Å². The quantitative estimate of drug-likeness (QED) is 0.0865. The van der Waals surface area contributed by atoms with Crippen molar-refractivity contribution in [1.29, 1.82) is 0 Å². The summed E-state index contributed by atoms with van der Waals surface area (Å²) in [7, 11) is 3.29. The summed E-state index contributed by atoms with van der Waals surface area (Å²) >= 11 is 0. The van der Waals surface area contributed by atoms with Crippen molar-refractivity contribution in [3.63, 3.8) is 0 Å². The van der Waals surface area contributed by atoms with Gasteiger partial charge in [0.15, 0.2) is 0 Å². The number of phenols is 1. The van der Waals surface area contributed by atoms with E-state index in [1.54, 1.807) is 14.2 Å². The van der Waals surface area contributed by atoms with Crippen molar-refractivity contribution in [2.45, 2.75) is 123 Å². The van der Waals surface area contributed by atoms with Crippen LogP contribution in [0.2, 0.25) is 0 Å². The number of aliphatic hydroxyl groups is 1. The molecule has 4 aromatic carbocycles. The minimum absolute atomic E-state index is 0.162. The topological polar surface area (TPSA) is 158 Å². The number of phenolic OH excluding ortho intramolecular Hbond substituents is 1. The maximum Gasteiger partial charge on any atom is 0.318 e. The van der Waals surface area contributed by atoms with Crippen molar-refractivity contribution < 1.29 is 29.5 Å². The number of aliphatic imine (C=N–C) groups is 1. The first-order chi connectivity index (χ1) is 26.2. The van der Waals surface area contributed by atoms with Gasteiger partial charge in [-0.1, -0.05) is 113 Å². The molecule has 1 atom stereocenters. The van der Waals surface area contributed by atoms with Crippen molar-refractivity contribution >= 4 is 17.6 Å². The number of ether oxygens (including phenoxy) is 2. The second-order valence-corrected chi connectivity index (χ2v) is 18.9. The molecule has 0 aromatic heterocycles. The highest BCUT2D eigenvalue weighted by Crippen LogP contribution is 2.49. The number of hydrogen-bond acceptors (Lipinski definition) is 9. The zero-order valence-corrected chi connectivity index (χ0v) is 35.9. The lowest BCUT2D eigenvalue weighted by Crippen LogP contribution is -2.42. The van der Waals surface area contributed by atoms with Crippen molar-refractivity contribution in [2.75, 3.05) is 14.2 Å². The molecule has 306 valence electrons. The van der Waals surface area contributed by atoms with Gasteiger partial charge in [-0.2, -0.15) is 0 Å². The van der Waals surface area contributed by atoms with Gasteiger partial charge in [0.1, 0.15) is 17.1 Å². The molecule has 0 fully saturated rings.